The Morgan fingerprint density at radius 2 is 1.14 bits per heavy atom. The summed E-state index contributed by atoms with van der Waals surface area (Å²) in [5.41, 5.74) is 0. The molecule has 0 saturated carbocycles. The van der Waals surface area contributed by atoms with E-state index in [1.807, 2.05) is 24.3 Å². The number of unbranched alkanes of at least 4 members (excludes halogenated alkanes) is 6. The van der Waals surface area contributed by atoms with Gasteiger partial charge in [-0.2, -0.15) is 0 Å². The highest BCUT2D eigenvalue weighted by Crippen LogP contribution is 2.43. The molecule has 0 aromatic heterocycles. The molecule has 336 valence electrons. The third-order valence-corrected chi connectivity index (χ3v) is 9.38. The van der Waals surface area contributed by atoms with Gasteiger partial charge >= 0.3 is 19.8 Å². The molecule has 5 N–H and O–H groups in total. The summed E-state index contributed by atoms with van der Waals surface area (Å²) in [6.45, 7) is 1.84. The Morgan fingerprint density at radius 1 is 0.593 bits per heavy atom. The SMILES string of the molecule is CC/C=C\C/C=C\C/C=C\C/C=C\CCCCCCC(=O)OC[C@H](COP(=O)(O)OC[C@@H](O)CO)OC(=O)CCC[C@H](O)/C=C/C=C\C/C=C\C=C\[C@H](O)CCCCC. The number of phosphoric acid groups is 1. The highest BCUT2D eigenvalue weighted by Gasteiger charge is 2.27. The first-order valence-corrected chi connectivity index (χ1v) is 22.9. The van der Waals surface area contributed by atoms with Crippen LogP contribution in [-0.4, -0.2) is 88.1 Å². The number of ether oxygens (including phenoxy) is 2. The standard InChI is InChI=1S/C46H75O12P/c1-3-5-7-8-9-10-11-12-13-14-15-16-17-18-22-25-29-35-45(51)55-39-44(40-57-59(53,54)56-38-43(50)37-47)58-46(52)36-30-34-42(49)33-28-24-21-19-20-23-27-32-41(48)31-26-6-4-2/h5,7,9-10,12-13,15-16,20-21,23-24,27-28,32-33,41-44,47-50H,3-4,6,8,11,14,17-19,22,25-26,29-31,34-40H2,1-2H3,(H,53,54)/b7-5-,10-9-,13-12-,16-15-,23-20-,24-21-,32-27+,33-28+/t41-,42-,43+,44-/m1/s1. The molecule has 1 unspecified atom stereocenters. The number of hydrogen-bond acceptors (Lipinski definition) is 11. The van der Waals surface area contributed by atoms with E-state index in [1.54, 1.807) is 24.3 Å². The molecule has 59 heavy (non-hydrogen) atoms. The van der Waals surface area contributed by atoms with Crippen LogP contribution in [0.25, 0.3) is 0 Å². The fourth-order valence-electron chi connectivity index (χ4n) is 5.08. The van der Waals surface area contributed by atoms with Gasteiger partial charge in [-0.3, -0.25) is 18.6 Å². The summed E-state index contributed by atoms with van der Waals surface area (Å²) >= 11 is 0. The highest BCUT2D eigenvalue weighted by molar-refractivity contribution is 7.47. The van der Waals surface area contributed by atoms with Gasteiger partial charge in [-0.25, -0.2) is 4.57 Å². The molecule has 12 nitrogen and oxygen atoms in total. The topological polar surface area (TPSA) is 189 Å². The van der Waals surface area contributed by atoms with E-state index in [9.17, 15) is 34.4 Å². The molecule has 13 heteroatoms. The van der Waals surface area contributed by atoms with Crippen molar-refractivity contribution in [1.82, 2.24) is 0 Å². The normalized spacial score (nSPS) is 15.8. The van der Waals surface area contributed by atoms with Crippen LogP contribution < -0.4 is 0 Å². The molecule has 5 atom stereocenters. The minimum Gasteiger partial charge on any atom is -0.462 e. The molecule has 0 fully saturated rings. The second-order valence-electron chi connectivity index (χ2n) is 14.0. The van der Waals surface area contributed by atoms with Crippen LogP contribution in [0.15, 0.2) is 97.2 Å². The maximum Gasteiger partial charge on any atom is 0.472 e. The largest absolute Gasteiger partial charge is 0.472 e. The smallest absolute Gasteiger partial charge is 0.462 e. The Morgan fingerprint density at radius 3 is 1.75 bits per heavy atom. The van der Waals surface area contributed by atoms with Gasteiger partial charge in [0.1, 0.15) is 12.7 Å². The van der Waals surface area contributed by atoms with Crippen LogP contribution >= 0.6 is 7.82 Å². The molecule has 0 aliphatic carbocycles. The fourth-order valence-corrected chi connectivity index (χ4v) is 5.87. The summed E-state index contributed by atoms with van der Waals surface area (Å²) in [6, 6.07) is 0. The molecular weight excluding hydrogens is 775 g/mol. The lowest BCUT2D eigenvalue weighted by molar-refractivity contribution is -0.161. The molecular formula is C46H75O12P. The zero-order valence-electron chi connectivity index (χ0n) is 35.6. The van der Waals surface area contributed by atoms with E-state index in [1.165, 1.54) is 0 Å². The van der Waals surface area contributed by atoms with Crippen LogP contribution in [0.4, 0.5) is 0 Å². The number of phosphoric ester groups is 1. The average Bonchev–Trinajstić information content (AvgIpc) is 3.21. The van der Waals surface area contributed by atoms with Crippen molar-refractivity contribution in [2.75, 3.05) is 26.4 Å². The van der Waals surface area contributed by atoms with Crippen LogP contribution in [0.3, 0.4) is 0 Å². The molecule has 0 amide bonds. The lowest BCUT2D eigenvalue weighted by Gasteiger charge is -2.20. The van der Waals surface area contributed by atoms with E-state index in [4.69, 9.17) is 19.1 Å². The van der Waals surface area contributed by atoms with Gasteiger partial charge in [0, 0.05) is 12.8 Å². The van der Waals surface area contributed by atoms with Gasteiger partial charge in [0.25, 0.3) is 0 Å². The predicted molar refractivity (Wildman–Crippen MR) is 235 cm³/mol. The molecule has 0 bridgehead atoms. The van der Waals surface area contributed by atoms with Crippen molar-refractivity contribution in [3.63, 3.8) is 0 Å². The number of carbonyl (C=O) groups is 2. The predicted octanol–water partition coefficient (Wildman–Crippen LogP) is 9.16. The highest BCUT2D eigenvalue weighted by atomic mass is 31.2. The zero-order chi connectivity index (χ0) is 43.7. The Kier molecular flexibility index (Phi) is 38.1. The van der Waals surface area contributed by atoms with Crippen LogP contribution in [-0.2, 0) is 32.7 Å². The van der Waals surface area contributed by atoms with Crippen molar-refractivity contribution in [1.29, 1.82) is 0 Å². The third-order valence-electron chi connectivity index (χ3n) is 8.43. The van der Waals surface area contributed by atoms with Crippen molar-refractivity contribution in [2.24, 2.45) is 0 Å². The first-order chi connectivity index (χ1) is 28.5. The summed E-state index contributed by atoms with van der Waals surface area (Å²) < 4.78 is 32.5. The molecule has 0 aliphatic rings. The summed E-state index contributed by atoms with van der Waals surface area (Å²) in [6.07, 6.45) is 41.5. The van der Waals surface area contributed by atoms with Crippen LogP contribution in [0, 0.1) is 0 Å². The van der Waals surface area contributed by atoms with Gasteiger partial charge in [-0.15, -0.1) is 0 Å². The minimum atomic E-state index is -4.70. The Bertz CT molecular complexity index is 1330. The molecule has 0 radical (unpaired) electrons. The van der Waals surface area contributed by atoms with Crippen molar-refractivity contribution >= 4 is 19.8 Å². The first-order valence-electron chi connectivity index (χ1n) is 21.4. The van der Waals surface area contributed by atoms with Gasteiger partial charge in [0.2, 0.25) is 0 Å². The summed E-state index contributed by atoms with van der Waals surface area (Å²) in [4.78, 5) is 35.0. The third kappa shape index (κ3) is 40.0. The number of carbonyl (C=O) groups excluding carboxylic acids is 2. The number of hydrogen-bond donors (Lipinski definition) is 5. The first kappa shape index (κ1) is 55.8. The van der Waals surface area contributed by atoms with Crippen LogP contribution in [0.5, 0.6) is 0 Å². The second-order valence-corrected chi connectivity index (χ2v) is 15.5. The van der Waals surface area contributed by atoms with Crippen molar-refractivity contribution < 1.29 is 58.0 Å². The number of allylic oxidation sites excluding steroid dienone is 14. The lowest BCUT2D eigenvalue weighted by Crippen LogP contribution is -2.30. The van der Waals surface area contributed by atoms with Gasteiger partial charge < -0.3 is 34.8 Å². The molecule has 0 aromatic rings. The number of esters is 2. The zero-order valence-corrected chi connectivity index (χ0v) is 36.5. The van der Waals surface area contributed by atoms with Gasteiger partial charge in [-0.05, 0) is 70.6 Å². The maximum atomic E-state index is 12.6. The van der Waals surface area contributed by atoms with E-state index in [2.05, 4.69) is 67.0 Å². The van der Waals surface area contributed by atoms with Crippen LogP contribution in [0.1, 0.15) is 129 Å². The molecule has 0 aromatic carbocycles. The van der Waals surface area contributed by atoms with E-state index in [0.717, 1.165) is 77.0 Å². The van der Waals surface area contributed by atoms with Crippen molar-refractivity contribution in [2.45, 2.75) is 154 Å². The second kappa shape index (κ2) is 40.2. The minimum absolute atomic E-state index is 0.0757. The fraction of sp³-hybridized carbons (Fsp3) is 0.609. The Labute approximate surface area is 354 Å². The van der Waals surface area contributed by atoms with E-state index >= 15 is 0 Å². The molecule has 0 heterocycles. The van der Waals surface area contributed by atoms with Crippen molar-refractivity contribution in [3.05, 3.63) is 97.2 Å². The van der Waals surface area contributed by atoms with E-state index < -0.39 is 70.6 Å². The monoisotopic (exact) mass is 850 g/mol. The number of rotatable bonds is 38. The summed E-state index contributed by atoms with van der Waals surface area (Å²) in [5.74, 6) is -1.19. The molecule has 0 saturated heterocycles. The quantitative estimate of drug-likeness (QED) is 0.0130. The lowest BCUT2D eigenvalue weighted by atomic mass is 10.1. The average molecular weight is 851 g/mol. The van der Waals surface area contributed by atoms with Gasteiger partial charge in [0.05, 0.1) is 32.0 Å². The number of aliphatic hydroxyl groups is 4. The summed E-state index contributed by atoms with van der Waals surface area (Å²) in [5, 5.41) is 38.5. The summed E-state index contributed by atoms with van der Waals surface area (Å²) in [7, 11) is -4.70. The molecule has 0 spiro atoms. The molecule has 0 aliphatic heterocycles. The van der Waals surface area contributed by atoms with Crippen LogP contribution in [0.2, 0.25) is 0 Å². The van der Waals surface area contributed by atoms with Gasteiger partial charge in [-0.1, -0.05) is 143 Å². The van der Waals surface area contributed by atoms with Gasteiger partial charge in [0.15, 0.2) is 6.10 Å². The Hall–Kier alpha value is -3.19. The Balaban J connectivity index is 4.61. The maximum absolute atomic E-state index is 12.6. The number of aliphatic hydroxyl groups excluding tert-OH is 4. The van der Waals surface area contributed by atoms with E-state index in [0.29, 0.717) is 12.8 Å². The van der Waals surface area contributed by atoms with Crippen molar-refractivity contribution in [3.8, 4) is 0 Å². The van der Waals surface area contributed by atoms with E-state index in [-0.39, 0.29) is 25.7 Å². The molecule has 0 rings (SSSR count).